The van der Waals surface area contributed by atoms with Gasteiger partial charge in [-0.05, 0) is 48.3 Å². The van der Waals surface area contributed by atoms with Crippen molar-refractivity contribution in [1.29, 1.82) is 0 Å². The maximum absolute atomic E-state index is 2.49. The fraction of sp³-hybridized carbons (Fsp3) is 1.00. The van der Waals surface area contributed by atoms with Crippen LogP contribution >= 0.6 is 0 Å². The highest BCUT2D eigenvalue weighted by Gasteiger charge is 2.47. The minimum atomic E-state index is 0.638. The van der Waals surface area contributed by atoms with E-state index in [1.807, 2.05) is 0 Å². The Morgan fingerprint density at radius 3 is 2.46 bits per heavy atom. The average molecular weight is 180 g/mol. The second-order valence-electron chi connectivity index (χ2n) is 6.36. The van der Waals surface area contributed by atoms with E-state index >= 15 is 0 Å². The number of rotatable bonds is 0. The molecule has 0 heterocycles. The van der Waals surface area contributed by atoms with Crippen molar-refractivity contribution in [2.45, 2.75) is 53.4 Å². The molecule has 0 aromatic rings. The maximum Gasteiger partial charge on any atom is -0.0320 e. The molecule has 2 aliphatic carbocycles. The molecule has 0 amide bonds. The Hall–Kier alpha value is 0. The SMILES string of the molecule is CC1CCC2C(C)CC(C)(C)C2C1. The molecule has 2 fully saturated rings. The summed E-state index contributed by atoms with van der Waals surface area (Å²) < 4.78 is 0. The quantitative estimate of drug-likeness (QED) is 0.526. The predicted octanol–water partition coefficient (Wildman–Crippen LogP) is 4.10. The zero-order chi connectivity index (χ0) is 9.64. The first kappa shape index (κ1) is 9.55. The molecule has 4 atom stereocenters. The molecule has 0 aromatic heterocycles. The molecule has 0 aromatic carbocycles. The van der Waals surface area contributed by atoms with E-state index in [9.17, 15) is 0 Å². The lowest BCUT2D eigenvalue weighted by molar-refractivity contribution is 0.125. The Labute approximate surface area is 83.1 Å². The smallest absolute Gasteiger partial charge is 0.0320 e. The summed E-state index contributed by atoms with van der Waals surface area (Å²) in [5.41, 5.74) is 0.638. The van der Waals surface area contributed by atoms with Gasteiger partial charge in [0.15, 0.2) is 0 Å². The number of hydrogen-bond donors (Lipinski definition) is 0. The lowest BCUT2D eigenvalue weighted by atomic mass is 9.68. The summed E-state index contributed by atoms with van der Waals surface area (Å²) in [5.74, 6) is 4.08. The third-order valence-electron chi connectivity index (χ3n) is 4.75. The summed E-state index contributed by atoms with van der Waals surface area (Å²) in [5, 5.41) is 0. The van der Waals surface area contributed by atoms with Gasteiger partial charge in [-0.1, -0.05) is 34.1 Å². The van der Waals surface area contributed by atoms with E-state index in [0.29, 0.717) is 5.41 Å². The molecule has 0 spiro atoms. The van der Waals surface area contributed by atoms with Crippen LogP contribution in [0.3, 0.4) is 0 Å². The molecule has 0 heteroatoms. The molecule has 0 nitrogen and oxygen atoms in total. The fourth-order valence-electron chi connectivity index (χ4n) is 4.12. The number of fused-ring (bicyclic) bond motifs is 1. The van der Waals surface area contributed by atoms with Gasteiger partial charge in [-0.3, -0.25) is 0 Å². The zero-order valence-corrected chi connectivity index (χ0v) is 9.64. The monoisotopic (exact) mass is 180 g/mol. The Morgan fingerprint density at radius 2 is 1.77 bits per heavy atom. The molecule has 2 rings (SSSR count). The number of hydrogen-bond acceptors (Lipinski definition) is 0. The van der Waals surface area contributed by atoms with Crippen LogP contribution in [0.15, 0.2) is 0 Å². The molecule has 0 saturated heterocycles. The summed E-state index contributed by atoms with van der Waals surface area (Å²) in [6.07, 6.45) is 5.97. The highest BCUT2D eigenvalue weighted by Crippen LogP contribution is 2.56. The van der Waals surface area contributed by atoms with Crippen molar-refractivity contribution in [2.24, 2.45) is 29.1 Å². The summed E-state index contributed by atoms with van der Waals surface area (Å²) in [6, 6.07) is 0. The lowest BCUT2D eigenvalue weighted by Crippen LogP contribution is -2.28. The van der Waals surface area contributed by atoms with Gasteiger partial charge in [0, 0.05) is 0 Å². The lowest BCUT2D eigenvalue weighted by Gasteiger charge is -2.37. The normalized spacial score (nSPS) is 48.9. The molecule has 0 N–H and O–H groups in total. The van der Waals surface area contributed by atoms with Crippen molar-refractivity contribution in [1.82, 2.24) is 0 Å². The van der Waals surface area contributed by atoms with Crippen LogP contribution in [0.4, 0.5) is 0 Å². The first-order chi connectivity index (χ1) is 6.00. The summed E-state index contributed by atoms with van der Waals surface area (Å²) >= 11 is 0. The van der Waals surface area contributed by atoms with Crippen molar-refractivity contribution in [3.05, 3.63) is 0 Å². The highest BCUT2D eigenvalue weighted by atomic mass is 14.5. The summed E-state index contributed by atoms with van der Waals surface area (Å²) in [4.78, 5) is 0. The van der Waals surface area contributed by atoms with Crippen molar-refractivity contribution < 1.29 is 0 Å². The van der Waals surface area contributed by atoms with Gasteiger partial charge in [0.1, 0.15) is 0 Å². The van der Waals surface area contributed by atoms with E-state index < -0.39 is 0 Å². The first-order valence-electron chi connectivity index (χ1n) is 6.00. The first-order valence-corrected chi connectivity index (χ1v) is 6.00. The average Bonchev–Trinajstić information content (AvgIpc) is 2.23. The molecule has 2 aliphatic rings. The third-order valence-corrected chi connectivity index (χ3v) is 4.75. The molecule has 13 heavy (non-hydrogen) atoms. The van der Waals surface area contributed by atoms with E-state index in [1.165, 1.54) is 25.7 Å². The van der Waals surface area contributed by atoms with Gasteiger partial charge in [0.25, 0.3) is 0 Å². The van der Waals surface area contributed by atoms with Gasteiger partial charge >= 0.3 is 0 Å². The topological polar surface area (TPSA) is 0 Å². The predicted molar refractivity (Wildman–Crippen MR) is 57.6 cm³/mol. The van der Waals surface area contributed by atoms with Crippen molar-refractivity contribution in [3.8, 4) is 0 Å². The van der Waals surface area contributed by atoms with Gasteiger partial charge in [-0.2, -0.15) is 0 Å². The summed E-state index contributed by atoms with van der Waals surface area (Å²) in [6.45, 7) is 9.90. The molecule has 2 saturated carbocycles. The molecule has 0 radical (unpaired) electrons. The van der Waals surface area contributed by atoms with Crippen molar-refractivity contribution in [3.63, 3.8) is 0 Å². The molecular formula is C13H24. The Bertz CT molecular complexity index is 192. The van der Waals surface area contributed by atoms with E-state index in [4.69, 9.17) is 0 Å². The van der Waals surface area contributed by atoms with Gasteiger partial charge in [-0.25, -0.2) is 0 Å². The zero-order valence-electron chi connectivity index (χ0n) is 9.64. The van der Waals surface area contributed by atoms with Crippen molar-refractivity contribution in [2.75, 3.05) is 0 Å². The molecule has 4 unspecified atom stereocenters. The maximum atomic E-state index is 2.49. The Kier molecular flexibility index (Phi) is 2.20. The Morgan fingerprint density at radius 1 is 1.08 bits per heavy atom. The van der Waals surface area contributed by atoms with Crippen LogP contribution < -0.4 is 0 Å². The van der Waals surface area contributed by atoms with Crippen LogP contribution in [-0.4, -0.2) is 0 Å². The summed E-state index contributed by atoms with van der Waals surface area (Å²) in [7, 11) is 0. The van der Waals surface area contributed by atoms with Crippen LogP contribution in [0.5, 0.6) is 0 Å². The van der Waals surface area contributed by atoms with Gasteiger partial charge < -0.3 is 0 Å². The standard InChI is InChI=1S/C13H24/c1-9-5-6-11-10(2)8-13(3,4)12(11)7-9/h9-12H,5-8H2,1-4H3. The van der Waals surface area contributed by atoms with Gasteiger partial charge in [-0.15, -0.1) is 0 Å². The van der Waals surface area contributed by atoms with E-state index in [0.717, 1.165) is 23.7 Å². The van der Waals surface area contributed by atoms with Gasteiger partial charge in [0.2, 0.25) is 0 Å². The van der Waals surface area contributed by atoms with E-state index in [2.05, 4.69) is 27.7 Å². The fourth-order valence-corrected chi connectivity index (χ4v) is 4.12. The van der Waals surface area contributed by atoms with Crippen LogP contribution in [0, 0.1) is 29.1 Å². The van der Waals surface area contributed by atoms with Crippen molar-refractivity contribution >= 4 is 0 Å². The second-order valence-corrected chi connectivity index (χ2v) is 6.36. The molecule has 0 bridgehead atoms. The minimum Gasteiger partial charge on any atom is -0.0625 e. The van der Waals surface area contributed by atoms with Gasteiger partial charge in [0.05, 0.1) is 0 Å². The van der Waals surface area contributed by atoms with E-state index in [1.54, 1.807) is 0 Å². The third kappa shape index (κ3) is 1.53. The van der Waals surface area contributed by atoms with Crippen LogP contribution in [-0.2, 0) is 0 Å². The molecule has 76 valence electrons. The van der Waals surface area contributed by atoms with Crippen LogP contribution in [0.1, 0.15) is 53.4 Å². The minimum absolute atomic E-state index is 0.638. The Balaban J connectivity index is 2.16. The van der Waals surface area contributed by atoms with Crippen LogP contribution in [0.2, 0.25) is 0 Å². The van der Waals surface area contributed by atoms with Crippen LogP contribution in [0.25, 0.3) is 0 Å². The molecular weight excluding hydrogens is 156 g/mol. The highest BCUT2D eigenvalue weighted by molar-refractivity contribution is 4.97. The van der Waals surface area contributed by atoms with E-state index in [-0.39, 0.29) is 0 Å². The second kappa shape index (κ2) is 3.00. The largest absolute Gasteiger partial charge is 0.0625 e. The molecule has 0 aliphatic heterocycles.